The Bertz CT molecular complexity index is 802. The molecule has 31 heavy (non-hydrogen) atoms. The van der Waals surface area contributed by atoms with Crippen molar-refractivity contribution in [1.29, 1.82) is 0 Å². The Hall–Kier alpha value is -2.58. The van der Waals surface area contributed by atoms with Crippen LogP contribution in [0.3, 0.4) is 0 Å². The van der Waals surface area contributed by atoms with Gasteiger partial charge >= 0.3 is 6.03 Å². The molecule has 0 fully saturated rings. The van der Waals surface area contributed by atoms with Crippen molar-refractivity contribution in [2.45, 2.75) is 18.3 Å². The van der Waals surface area contributed by atoms with E-state index in [-0.39, 0.29) is 30.6 Å². The maximum absolute atomic E-state index is 13.6. The van der Waals surface area contributed by atoms with Crippen LogP contribution in [0, 0.1) is 16.5 Å². The van der Waals surface area contributed by atoms with E-state index in [9.17, 15) is 18.5 Å². The van der Waals surface area contributed by atoms with Crippen LogP contribution in [-0.4, -0.2) is 55.5 Å². The molecule has 0 aromatic heterocycles. The molecule has 0 saturated carbocycles. The molecule has 2 amide bonds. The number of nitroso groups, excluding NO2 is 1. The summed E-state index contributed by atoms with van der Waals surface area (Å²) in [7, 11) is 3.91. The Morgan fingerprint density at radius 2 is 1.52 bits per heavy atom. The summed E-state index contributed by atoms with van der Waals surface area (Å²) in [5, 5.41) is 6.19. The number of amides is 2. The predicted octanol–water partition coefficient (Wildman–Crippen LogP) is 4.52. The molecule has 0 saturated heterocycles. The van der Waals surface area contributed by atoms with Crippen molar-refractivity contribution in [2.24, 2.45) is 5.29 Å². The number of nitrogens with zero attached hydrogens (tertiary/aromatic N) is 3. The van der Waals surface area contributed by atoms with Crippen molar-refractivity contribution < 1.29 is 13.6 Å². The highest BCUT2D eigenvalue weighted by molar-refractivity contribution is 6.18. The van der Waals surface area contributed by atoms with Crippen molar-refractivity contribution in [1.82, 2.24) is 15.2 Å². The molecule has 0 radical (unpaired) electrons. The number of rotatable bonds is 11. The molecule has 0 aliphatic heterocycles. The van der Waals surface area contributed by atoms with Gasteiger partial charge in [-0.05, 0) is 68.9 Å². The summed E-state index contributed by atoms with van der Waals surface area (Å²) < 4.78 is 27.3. The molecule has 0 unspecified atom stereocenters. The first-order chi connectivity index (χ1) is 14.8. The topological polar surface area (TPSA) is 65.0 Å². The average Bonchev–Trinajstić information content (AvgIpc) is 2.75. The number of halogens is 3. The van der Waals surface area contributed by atoms with E-state index in [0.29, 0.717) is 11.4 Å². The number of carbonyl (C=O) groups is 1. The molecule has 2 aromatic rings. The van der Waals surface area contributed by atoms with E-state index < -0.39 is 11.4 Å². The molecule has 168 valence electrons. The summed E-state index contributed by atoms with van der Waals surface area (Å²) >= 11 is 5.63. The second kappa shape index (κ2) is 11.7. The molecule has 2 rings (SSSR count). The zero-order chi connectivity index (χ0) is 22.9. The number of alkyl halides is 1. The number of nitrogens with one attached hydrogen (secondary N) is 1. The first-order valence-corrected chi connectivity index (χ1v) is 10.5. The van der Waals surface area contributed by atoms with Crippen LogP contribution in [0.1, 0.15) is 24.0 Å². The fourth-order valence-electron chi connectivity index (χ4n) is 3.56. The van der Waals surface area contributed by atoms with Crippen molar-refractivity contribution in [2.75, 3.05) is 39.6 Å². The van der Waals surface area contributed by atoms with E-state index in [1.54, 1.807) is 24.3 Å². The molecule has 6 nitrogen and oxygen atoms in total. The Balaban J connectivity index is 2.47. The zero-order valence-corrected chi connectivity index (χ0v) is 18.4. The fraction of sp³-hybridized carbons (Fsp3) is 0.409. The summed E-state index contributed by atoms with van der Waals surface area (Å²) in [6.45, 7) is 0.856. The molecule has 9 heteroatoms. The minimum atomic E-state index is -0.775. The number of carbonyl (C=O) groups excluding carboxylic acids is 1. The summed E-state index contributed by atoms with van der Waals surface area (Å²) in [6, 6.07) is 11.4. The van der Waals surface area contributed by atoms with Crippen LogP contribution in [0.25, 0.3) is 0 Å². The van der Waals surface area contributed by atoms with Gasteiger partial charge in [-0.2, -0.15) is 5.01 Å². The van der Waals surface area contributed by atoms with Crippen LogP contribution < -0.4 is 5.32 Å². The average molecular weight is 453 g/mol. The van der Waals surface area contributed by atoms with Gasteiger partial charge in [-0.25, -0.2) is 13.6 Å². The normalized spacial score (nSPS) is 11.4. The van der Waals surface area contributed by atoms with E-state index in [1.807, 2.05) is 19.0 Å². The standard InChI is InChI=1S/C22H27ClF2N4O2/c1-28(2)14-3-12-22(17-4-8-19(24)9-5-17,18-6-10-20(25)11-7-18)16-26-21(30)29(27-31)15-13-23/h4-11H,3,12-16H2,1-2H3,(H,26,30). The lowest BCUT2D eigenvalue weighted by molar-refractivity contribution is 0.199. The quantitative estimate of drug-likeness (QED) is 0.309. The molecular weight excluding hydrogens is 426 g/mol. The van der Waals surface area contributed by atoms with Crippen molar-refractivity contribution in [3.63, 3.8) is 0 Å². The number of hydrogen-bond acceptors (Lipinski definition) is 4. The molecule has 0 bridgehead atoms. The van der Waals surface area contributed by atoms with Crippen molar-refractivity contribution in [3.8, 4) is 0 Å². The summed E-state index contributed by atoms with van der Waals surface area (Å²) in [4.78, 5) is 25.5. The third kappa shape index (κ3) is 6.70. The van der Waals surface area contributed by atoms with Gasteiger partial charge in [0.05, 0.1) is 11.8 Å². The van der Waals surface area contributed by atoms with Crippen LogP contribution in [0.15, 0.2) is 53.8 Å². The second-order valence-electron chi connectivity index (χ2n) is 7.56. The molecule has 0 atom stereocenters. The largest absolute Gasteiger partial charge is 0.340 e. The summed E-state index contributed by atoms with van der Waals surface area (Å²) in [6.07, 6.45) is 1.35. The van der Waals surface area contributed by atoms with Gasteiger partial charge in [0.1, 0.15) is 11.6 Å². The smallest absolute Gasteiger partial charge is 0.335 e. The van der Waals surface area contributed by atoms with Crippen LogP contribution in [0.5, 0.6) is 0 Å². The number of benzene rings is 2. The molecule has 0 heterocycles. The Kier molecular flexibility index (Phi) is 9.33. The third-order valence-corrected chi connectivity index (χ3v) is 5.34. The number of urea groups is 1. The summed E-state index contributed by atoms with van der Waals surface area (Å²) in [5.74, 6) is -0.705. The lowest BCUT2D eigenvalue weighted by Gasteiger charge is -2.36. The molecule has 0 spiro atoms. The Morgan fingerprint density at radius 1 is 1.00 bits per heavy atom. The molecular formula is C22H27ClF2N4O2. The molecule has 2 aromatic carbocycles. The highest BCUT2D eigenvalue weighted by atomic mass is 35.5. The van der Waals surface area contributed by atoms with Crippen molar-refractivity contribution in [3.05, 3.63) is 76.2 Å². The van der Waals surface area contributed by atoms with Crippen LogP contribution >= 0.6 is 11.6 Å². The zero-order valence-electron chi connectivity index (χ0n) is 17.7. The van der Waals surface area contributed by atoms with Gasteiger partial charge in [0.2, 0.25) is 0 Å². The minimum Gasteiger partial charge on any atom is -0.335 e. The van der Waals surface area contributed by atoms with Gasteiger partial charge in [0.25, 0.3) is 0 Å². The van der Waals surface area contributed by atoms with E-state index in [0.717, 1.165) is 24.1 Å². The Labute approximate surface area is 186 Å². The van der Waals surface area contributed by atoms with Gasteiger partial charge in [0.15, 0.2) is 0 Å². The van der Waals surface area contributed by atoms with Crippen LogP contribution in [-0.2, 0) is 5.41 Å². The van der Waals surface area contributed by atoms with Gasteiger partial charge in [0, 0.05) is 17.8 Å². The Morgan fingerprint density at radius 3 is 1.94 bits per heavy atom. The first-order valence-electron chi connectivity index (χ1n) is 9.94. The van der Waals surface area contributed by atoms with Gasteiger partial charge in [-0.1, -0.05) is 24.3 Å². The SMILES string of the molecule is CN(C)CCCC(CNC(=O)N(CCCl)N=O)(c1ccc(F)cc1)c1ccc(F)cc1. The van der Waals surface area contributed by atoms with Gasteiger partial charge in [-0.3, -0.25) is 0 Å². The molecule has 0 aliphatic carbocycles. The van der Waals surface area contributed by atoms with Crippen LogP contribution in [0.2, 0.25) is 0 Å². The molecule has 1 N–H and O–H groups in total. The van der Waals surface area contributed by atoms with Crippen molar-refractivity contribution >= 4 is 17.6 Å². The second-order valence-corrected chi connectivity index (χ2v) is 7.93. The predicted molar refractivity (Wildman–Crippen MR) is 118 cm³/mol. The van der Waals surface area contributed by atoms with E-state index >= 15 is 0 Å². The number of hydrogen-bond donors (Lipinski definition) is 1. The maximum atomic E-state index is 13.6. The first kappa shape index (κ1) is 24.7. The lowest BCUT2D eigenvalue weighted by atomic mass is 9.71. The third-order valence-electron chi connectivity index (χ3n) is 5.17. The van der Waals surface area contributed by atoms with E-state index in [1.165, 1.54) is 24.3 Å². The minimum absolute atomic E-state index is 0.0301. The fourth-order valence-corrected chi connectivity index (χ4v) is 3.72. The van der Waals surface area contributed by atoms with Crippen LogP contribution in [0.4, 0.5) is 13.6 Å². The molecule has 0 aliphatic rings. The highest BCUT2D eigenvalue weighted by Gasteiger charge is 2.35. The lowest BCUT2D eigenvalue weighted by Crippen LogP contribution is -2.46. The van der Waals surface area contributed by atoms with Gasteiger partial charge < -0.3 is 10.2 Å². The van der Waals surface area contributed by atoms with E-state index in [2.05, 4.69) is 10.6 Å². The maximum Gasteiger partial charge on any atom is 0.340 e. The monoisotopic (exact) mass is 452 g/mol. The van der Waals surface area contributed by atoms with E-state index in [4.69, 9.17) is 11.6 Å². The van der Waals surface area contributed by atoms with Gasteiger partial charge in [-0.15, -0.1) is 16.5 Å². The summed E-state index contributed by atoms with van der Waals surface area (Å²) in [5.41, 5.74) is 0.757. The highest BCUT2D eigenvalue weighted by Crippen LogP contribution is 2.37.